The molecule has 0 saturated carbocycles. The first-order chi connectivity index (χ1) is 13.1. The van der Waals surface area contributed by atoms with Crippen molar-refractivity contribution in [1.82, 2.24) is 24.4 Å². The number of imidazole rings is 1. The number of carbonyl (C=O) groups excluding carboxylic acids is 1. The highest BCUT2D eigenvalue weighted by atomic mass is 16.5. The van der Waals surface area contributed by atoms with Crippen LogP contribution in [0, 0.1) is 0 Å². The molecule has 2 N–H and O–H groups in total. The number of aromatic nitrogens is 4. The second-order valence-electron chi connectivity index (χ2n) is 6.55. The minimum atomic E-state index is -0.144. The summed E-state index contributed by atoms with van der Waals surface area (Å²) in [7, 11) is 1.94. The Morgan fingerprint density at radius 1 is 1.22 bits per heavy atom. The third kappa shape index (κ3) is 3.52. The predicted molar refractivity (Wildman–Crippen MR) is 98.4 cm³/mol. The number of hydrogen-bond acceptors (Lipinski definition) is 6. The van der Waals surface area contributed by atoms with Crippen LogP contribution in [0.4, 0.5) is 0 Å². The van der Waals surface area contributed by atoms with Crippen molar-refractivity contribution < 1.29 is 9.53 Å². The molecule has 4 rings (SSSR count). The number of ether oxygens (including phenoxy) is 1. The van der Waals surface area contributed by atoms with E-state index < -0.39 is 0 Å². The van der Waals surface area contributed by atoms with Crippen LogP contribution in [0.3, 0.4) is 0 Å². The molecule has 1 aromatic carbocycles. The van der Waals surface area contributed by atoms with Gasteiger partial charge in [0.1, 0.15) is 11.6 Å². The third-order valence-corrected chi connectivity index (χ3v) is 4.69. The zero-order valence-electron chi connectivity index (χ0n) is 14.9. The SMILES string of the molecule is Cn1ccnc1[C@@H]1CN(C(=O)c2cccc(Oc3cnccn3)c2)C[C@H]1N. The van der Waals surface area contributed by atoms with Gasteiger partial charge in [-0.15, -0.1) is 0 Å². The monoisotopic (exact) mass is 364 g/mol. The maximum absolute atomic E-state index is 13.0. The summed E-state index contributed by atoms with van der Waals surface area (Å²) >= 11 is 0. The fourth-order valence-corrected chi connectivity index (χ4v) is 3.34. The number of nitrogens with zero attached hydrogens (tertiary/aromatic N) is 5. The lowest BCUT2D eigenvalue weighted by atomic mass is 10.0. The molecule has 1 fully saturated rings. The fraction of sp³-hybridized carbons (Fsp3) is 0.263. The summed E-state index contributed by atoms with van der Waals surface area (Å²) in [6.07, 6.45) is 8.28. The van der Waals surface area contributed by atoms with E-state index in [4.69, 9.17) is 10.5 Å². The number of amides is 1. The first kappa shape index (κ1) is 17.2. The van der Waals surface area contributed by atoms with E-state index in [2.05, 4.69) is 15.0 Å². The van der Waals surface area contributed by atoms with Gasteiger partial charge in [-0.3, -0.25) is 9.78 Å². The molecular formula is C19H20N6O2. The minimum absolute atomic E-state index is 0.0213. The zero-order chi connectivity index (χ0) is 18.8. The van der Waals surface area contributed by atoms with Crippen molar-refractivity contribution in [3.63, 3.8) is 0 Å². The molecule has 0 unspecified atom stereocenters. The number of nitrogens with two attached hydrogens (primary N) is 1. The lowest BCUT2D eigenvalue weighted by molar-refractivity contribution is 0.0788. The number of carbonyl (C=O) groups is 1. The van der Waals surface area contributed by atoms with Crippen molar-refractivity contribution >= 4 is 5.91 Å². The van der Waals surface area contributed by atoms with Gasteiger partial charge in [0.25, 0.3) is 5.91 Å². The highest BCUT2D eigenvalue weighted by molar-refractivity contribution is 5.95. The van der Waals surface area contributed by atoms with Gasteiger partial charge in [0.15, 0.2) is 0 Å². The van der Waals surface area contributed by atoms with Gasteiger partial charge in [-0.2, -0.15) is 0 Å². The van der Waals surface area contributed by atoms with Crippen LogP contribution < -0.4 is 10.5 Å². The second kappa shape index (κ2) is 7.16. The van der Waals surface area contributed by atoms with E-state index in [1.165, 1.54) is 6.20 Å². The summed E-state index contributed by atoms with van der Waals surface area (Å²) in [6.45, 7) is 1.03. The number of hydrogen-bond donors (Lipinski definition) is 1. The maximum Gasteiger partial charge on any atom is 0.254 e. The molecule has 8 heteroatoms. The molecule has 138 valence electrons. The Bertz CT molecular complexity index is 942. The van der Waals surface area contributed by atoms with E-state index in [1.54, 1.807) is 47.8 Å². The Morgan fingerprint density at radius 3 is 2.85 bits per heavy atom. The van der Waals surface area contributed by atoms with E-state index in [9.17, 15) is 4.79 Å². The van der Waals surface area contributed by atoms with E-state index in [1.807, 2.05) is 17.8 Å². The van der Waals surface area contributed by atoms with Gasteiger partial charge in [-0.05, 0) is 18.2 Å². The smallest absolute Gasteiger partial charge is 0.254 e. The number of rotatable bonds is 4. The number of likely N-dealkylation sites (tertiary alicyclic amines) is 1. The summed E-state index contributed by atoms with van der Waals surface area (Å²) in [6, 6.07) is 6.89. The van der Waals surface area contributed by atoms with Crippen LogP contribution in [0.5, 0.6) is 11.6 Å². The quantitative estimate of drug-likeness (QED) is 0.754. The molecule has 0 aliphatic carbocycles. The van der Waals surface area contributed by atoms with Gasteiger partial charge in [0, 0.05) is 56.5 Å². The summed E-state index contributed by atoms with van der Waals surface area (Å²) in [5.74, 6) is 1.75. The minimum Gasteiger partial charge on any atom is -0.437 e. The Hall–Kier alpha value is -3.26. The van der Waals surface area contributed by atoms with Gasteiger partial charge in [0.2, 0.25) is 5.88 Å². The van der Waals surface area contributed by atoms with Crippen molar-refractivity contribution in [3.8, 4) is 11.6 Å². The molecule has 2 atom stereocenters. The maximum atomic E-state index is 13.0. The van der Waals surface area contributed by atoms with Crippen LogP contribution in [-0.2, 0) is 7.05 Å². The summed E-state index contributed by atoms with van der Waals surface area (Å²) in [5, 5.41) is 0. The fourth-order valence-electron chi connectivity index (χ4n) is 3.34. The normalized spacial score (nSPS) is 19.3. The molecule has 1 aliphatic heterocycles. The highest BCUT2D eigenvalue weighted by Gasteiger charge is 2.36. The Balaban J connectivity index is 1.50. The molecule has 0 radical (unpaired) electrons. The van der Waals surface area contributed by atoms with Crippen LogP contribution >= 0.6 is 0 Å². The molecule has 3 aromatic rings. The van der Waals surface area contributed by atoms with Crippen molar-refractivity contribution in [2.45, 2.75) is 12.0 Å². The van der Waals surface area contributed by atoms with Gasteiger partial charge < -0.3 is 19.9 Å². The van der Waals surface area contributed by atoms with E-state index in [0.717, 1.165) is 5.82 Å². The van der Waals surface area contributed by atoms with E-state index in [0.29, 0.717) is 30.3 Å². The van der Waals surface area contributed by atoms with Crippen LogP contribution in [-0.4, -0.2) is 49.5 Å². The summed E-state index contributed by atoms with van der Waals surface area (Å²) in [4.78, 5) is 27.2. The molecule has 27 heavy (non-hydrogen) atoms. The summed E-state index contributed by atoms with van der Waals surface area (Å²) in [5.41, 5.74) is 6.84. The van der Waals surface area contributed by atoms with Crippen LogP contribution in [0.1, 0.15) is 22.1 Å². The molecule has 1 saturated heterocycles. The van der Waals surface area contributed by atoms with E-state index in [-0.39, 0.29) is 17.9 Å². The average Bonchev–Trinajstić information content (AvgIpc) is 3.27. The Labute approximate surface area is 156 Å². The standard InChI is InChI=1S/C19H20N6O2/c1-24-8-7-23-18(24)15-11-25(12-16(15)20)19(26)13-3-2-4-14(9-13)27-17-10-21-5-6-22-17/h2-10,15-16H,11-12,20H2,1H3/t15-,16-/m1/s1. The number of benzene rings is 1. The molecule has 0 spiro atoms. The van der Waals surface area contributed by atoms with Crippen molar-refractivity contribution in [2.24, 2.45) is 12.8 Å². The van der Waals surface area contributed by atoms with Gasteiger partial charge in [-0.25, -0.2) is 9.97 Å². The van der Waals surface area contributed by atoms with Crippen LogP contribution in [0.25, 0.3) is 0 Å². The van der Waals surface area contributed by atoms with Gasteiger partial charge in [0.05, 0.1) is 12.1 Å². The van der Waals surface area contributed by atoms with Crippen molar-refractivity contribution in [3.05, 3.63) is 66.6 Å². The zero-order valence-corrected chi connectivity index (χ0v) is 14.9. The molecule has 2 aromatic heterocycles. The topological polar surface area (TPSA) is 99.2 Å². The molecule has 1 amide bonds. The van der Waals surface area contributed by atoms with Gasteiger partial charge >= 0.3 is 0 Å². The highest BCUT2D eigenvalue weighted by Crippen LogP contribution is 2.27. The molecule has 1 aliphatic rings. The molecular weight excluding hydrogens is 344 g/mol. The molecule has 3 heterocycles. The first-order valence-corrected chi connectivity index (χ1v) is 8.68. The van der Waals surface area contributed by atoms with Crippen LogP contribution in [0.15, 0.2) is 55.2 Å². The second-order valence-corrected chi connectivity index (χ2v) is 6.55. The summed E-state index contributed by atoms with van der Waals surface area (Å²) < 4.78 is 7.62. The van der Waals surface area contributed by atoms with E-state index >= 15 is 0 Å². The van der Waals surface area contributed by atoms with Crippen LogP contribution in [0.2, 0.25) is 0 Å². The average molecular weight is 364 g/mol. The lowest BCUT2D eigenvalue weighted by Crippen LogP contribution is -2.32. The first-order valence-electron chi connectivity index (χ1n) is 8.68. The third-order valence-electron chi connectivity index (χ3n) is 4.69. The number of aryl methyl sites for hydroxylation is 1. The van der Waals surface area contributed by atoms with Crippen molar-refractivity contribution in [2.75, 3.05) is 13.1 Å². The van der Waals surface area contributed by atoms with Gasteiger partial charge in [-0.1, -0.05) is 6.07 Å². The largest absolute Gasteiger partial charge is 0.437 e. The predicted octanol–water partition coefficient (Wildman–Crippen LogP) is 1.57. The van der Waals surface area contributed by atoms with Crippen molar-refractivity contribution in [1.29, 1.82) is 0 Å². The lowest BCUT2D eigenvalue weighted by Gasteiger charge is -2.17. The molecule has 8 nitrogen and oxygen atoms in total. The Morgan fingerprint density at radius 2 is 2.11 bits per heavy atom. The molecule has 0 bridgehead atoms. The Kier molecular flexibility index (Phi) is 4.55.